The van der Waals surface area contributed by atoms with Gasteiger partial charge in [0.15, 0.2) is 0 Å². The van der Waals surface area contributed by atoms with E-state index in [-0.39, 0.29) is 11.9 Å². The molecule has 1 saturated carbocycles. The fourth-order valence-corrected chi connectivity index (χ4v) is 2.49. The van der Waals surface area contributed by atoms with Crippen LogP contribution in [-0.4, -0.2) is 36.5 Å². The SMILES string of the molecule is CNC(=O)C(C)N1CCCC2CC21. The fraction of sp³-hybridized carbons (Fsp3) is 0.900. The standard InChI is InChI=1S/C10H18N2O/c1-7(10(13)11-2)12-5-3-4-8-6-9(8)12/h7-9H,3-6H2,1-2H3,(H,11,13). The summed E-state index contributed by atoms with van der Waals surface area (Å²) in [7, 11) is 1.72. The quantitative estimate of drug-likeness (QED) is 0.678. The van der Waals surface area contributed by atoms with E-state index in [0.29, 0.717) is 0 Å². The van der Waals surface area contributed by atoms with Crippen molar-refractivity contribution in [1.29, 1.82) is 0 Å². The van der Waals surface area contributed by atoms with E-state index in [1.54, 1.807) is 7.05 Å². The monoisotopic (exact) mass is 182 g/mol. The molecule has 3 unspecified atom stereocenters. The van der Waals surface area contributed by atoms with Gasteiger partial charge >= 0.3 is 0 Å². The molecule has 2 rings (SSSR count). The van der Waals surface area contributed by atoms with Crippen LogP contribution in [0.3, 0.4) is 0 Å². The molecule has 0 spiro atoms. The summed E-state index contributed by atoms with van der Waals surface area (Å²) in [5.74, 6) is 1.06. The Morgan fingerprint density at radius 3 is 3.08 bits per heavy atom. The second kappa shape index (κ2) is 3.29. The van der Waals surface area contributed by atoms with Crippen molar-refractivity contribution in [2.45, 2.75) is 38.3 Å². The van der Waals surface area contributed by atoms with E-state index in [1.165, 1.54) is 19.3 Å². The number of carbonyl (C=O) groups excluding carboxylic acids is 1. The molecular weight excluding hydrogens is 164 g/mol. The Morgan fingerprint density at radius 2 is 2.38 bits per heavy atom. The molecule has 0 aromatic rings. The third kappa shape index (κ3) is 1.57. The van der Waals surface area contributed by atoms with E-state index in [1.807, 2.05) is 6.92 Å². The third-order valence-electron chi connectivity index (χ3n) is 3.43. The zero-order chi connectivity index (χ0) is 9.42. The smallest absolute Gasteiger partial charge is 0.236 e. The summed E-state index contributed by atoms with van der Waals surface area (Å²) in [5.41, 5.74) is 0. The minimum atomic E-state index is 0.0697. The maximum Gasteiger partial charge on any atom is 0.236 e. The van der Waals surface area contributed by atoms with E-state index in [0.717, 1.165) is 18.5 Å². The lowest BCUT2D eigenvalue weighted by molar-refractivity contribution is -0.126. The molecule has 2 fully saturated rings. The molecule has 1 heterocycles. The van der Waals surface area contributed by atoms with Gasteiger partial charge in [-0.3, -0.25) is 9.69 Å². The zero-order valence-electron chi connectivity index (χ0n) is 8.42. The topological polar surface area (TPSA) is 32.3 Å². The van der Waals surface area contributed by atoms with Crippen molar-refractivity contribution in [2.24, 2.45) is 5.92 Å². The van der Waals surface area contributed by atoms with Crippen LogP contribution in [0.5, 0.6) is 0 Å². The van der Waals surface area contributed by atoms with Gasteiger partial charge < -0.3 is 5.32 Å². The van der Waals surface area contributed by atoms with Gasteiger partial charge in [-0.15, -0.1) is 0 Å². The van der Waals surface area contributed by atoms with Crippen LogP contribution in [0.25, 0.3) is 0 Å². The van der Waals surface area contributed by atoms with Crippen LogP contribution in [0.4, 0.5) is 0 Å². The summed E-state index contributed by atoms with van der Waals surface area (Å²) in [6.07, 6.45) is 3.96. The summed E-state index contributed by atoms with van der Waals surface area (Å²) in [4.78, 5) is 13.8. The van der Waals surface area contributed by atoms with E-state index in [2.05, 4.69) is 10.2 Å². The van der Waals surface area contributed by atoms with Gasteiger partial charge in [0.1, 0.15) is 0 Å². The number of amides is 1. The van der Waals surface area contributed by atoms with Gasteiger partial charge in [0.2, 0.25) is 5.91 Å². The highest BCUT2D eigenvalue weighted by molar-refractivity contribution is 5.81. The molecule has 1 amide bonds. The van der Waals surface area contributed by atoms with Crippen LogP contribution in [0, 0.1) is 5.92 Å². The Kier molecular flexibility index (Phi) is 2.28. The largest absolute Gasteiger partial charge is 0.358 e. The summed E-state index contributed by atoms with van der Waals surface area (Å²) >= 11 is 0. The van der Waals surface area contributed by atoms with Gasteiger partial charge in [0, 0.05) is 13.1 Å². The van der Waals surface area contributed by atoms with Crippen LogP contribution < -0.4 is 5.32 Å². The molecule has 13 heavy (non-hydrogen) atoms. The highest BCUT2D eigenvalue weighted by Gasteiger charge is 2.46. The Hall–Kier alpha value is -0.570. The van der Waals surface area contributed by atoms with E-state index >= 15 is 0 Å². The summed E-state index contributed by atoms with van der Waals surface area (Å²) in [5, 5.41) is 2.72. The Balaban J connectivity index is 1.95. The number of fused-ring (bicyclic) bond motifs is 1. The van der Waals surface area contributed by atoms with Gasteiger partial charge in [0.25, 0.3) is 0 Å². The van der Waals surface area contributed by atoms with E-state index in [9.17, 15) is 4.79 Å². The lowest BCUT2D eigenvalue weighted by Gasteiger charge is -2.31. The summed E-state index contributed by atoms with van der Waals surface area (Å²) in [6, 6.07) is 0.793. The number of hydrogen-bond donors (Lipinski definition) is 1. The predicted molar refractivity (Wildman–Crippen MR) is 51.4 cm³/mol. The first-order chi connectivity index (χ1) is 6.24. The molecule has 1 saturated heterocycles. The van der Waals surface area contributed by atoms with Crippen LogP contribution in [-0.2, 0) is 4.79 Å². The Bertz CT molecular complexity index is 217. The lowest BCUT2D eigenvalue weighted by atomic mass is 10.1. The van der Waals surface area contributed by atoms with Crippen molar-refractivity contribution in [3.63, 3.8) is 0 Å². The second-order valence-electron chi connectivity index (χ2n) is 4.23. The maximum atomic E-state index is 11.4. The van der Waals surface area contributed by atoms with E-state index < -0.39 is 0 Å². The molecule has 3 nitrogen and oxygen atoms in total. The van der Waals surface area contributed by atoms with Gasteiger partial charge in [-0.1, -0.05) is 0 Å². The second-order valence-corrected chi connectivity index (χ2v) is 4.23. The van der Waals surface area contributed by atoms with Gasteiger partial charge in [-0.2, -0.15) is 0 Å². The molecule has 1 aliphatic carbocycles. The lowest BCUT2D eigenvalue weighted by Crippen LogP contribution is -2.47. The molecule has 2 aliphatic rings. The normalized spacial score (nSPS) is 34.9. The van der Waals surface area contributed by atoms with Crippen LogP contribution in [0.1, 0.15) is 26.2 Å². The first-order valence-electron chi connectivity index (χ1n) is 5.21. The summed E-state index contributed by atoms with van der Waals surface area (Å²) < 4.78 is 0. The molecule has 3 atom stereocenters. The van der Waals surface area contributed by atoms with E-state index in [4.69, 9.17) is 0 Å². The minimum Gasteiger partial charge on any atom is -0.358 e. The van der Waals surface area contributed by atoms with Crippen molar-refractivity contribution in [1.82, 2.24) is 10.2 Å². The molecule has 74 valence electrons. The highest BCUT2D eigenvalue weighted by atomic mass is 16.2. The fourth-order valence-electron chi connectivity index (χ4n) is 2.49. The molecule has 1 N–H and O–H groups in total. The first kappa shape index (κ1) is 9.00. The number of likely N-dealkylation sites (tertiary alicyclic amines) is 1. The number of piperidine rings is 1. The van der Waals surface area contributed by atoms with Crippen molar-refractivity contribution in [3.05, 3.63) is 0 Å². The number of nitrogens with zero attached hydrogens (tertiary/aromatic N) is 1. The third-order valence-corrected chi connectivity index (χ3v) is 3.43. The van der Waals surface area contributed by atoms with Crippen LogP contribution in [0.2, 0.25) is 0 Å². The predicted octanol–water partition coefficient (Wildman–Crippen LogP) is 0.605. The molecule has 0 bridgehead atoms. The average molecular weight is 182 g/mol. The van der Waals surface area contributed by atoms with Gasteiger partial charge in [0.05, 0.1) is 6.04 Å². The molecule has 0 aromatic carbocycles. The first-order valence-corrected chi connectivity index (χ1v) is 5.21. The van der Waals surface area contributed by atoms with Crippen molar-refractivity contribution in [2.75, 3.05) is 13.6 Å². The van der Waals surface area contributed by atoms with Gasteiger partial charge in [-0.05, 0) is 38.6 Å². The molecule has 0 aromatic heterocycles. The summed E-state index contributed by atoms with van der Waals surface area (Å²) in [6.45, 7) is 3.12. The van der Waals surface area contributed by atoms with Crippen molar-refractivity contribution in [3.8, 4) is 0 Å². The number of carbonyl (C=O) groups is 1. The Labute approximate surface area is 79.5 Å². The number of rotatable bonds is 2. The number of nitrogens with one attached hydrogen (secondary N) is 1. The molecule has 0 radical (unpaired) electrons. The molecule has 3 heteroatoms. The van der Waals surface area contributed by atoms with Crippen LogP contribution >= 0.6 is 0 Å². The average Bonchev–Trinajstić information content (AvgIpc) is 2.93. The zero-order valence-corrected chi connectivity index (χ0v) is 8.42. The van der Waals surface area contributed by atoms with Crippen molar-refractivity contribution < 1.29 is 4.79 Å². The van der Waals surface area contributed by atoms with Gasteiger partial charge in [-0.25, -0.2) is 0 Å². The van der Waals surface area contributed by atoms with Crippen molar-refractivity contribution >= 4 is 5.91 Å². The van der Waals surface area contributed by atoms with Crippen LogP contribution in [0.15, 0.2) is 0 Å². The molecular formula is C10H18N2O. The highest BCUT2D eigenvalue weighted by Crippen LogP contribution is 2.43. The number of hydrogen-bond acceptors (Lipinski definition) is 2. The Morgan fingerprint density at radius 1 is 1.62 bits per heavy atom. The maximum absolute atomic E-state index is 11.4. The minimum absolute atomic E-state index is 0.0697. The molecule has 1 aliphatic heterocycles. The number of likely N-dealkylation sites (N-methyl/N-ethyl adjacent to an activating group) is 1.